The molecule has 0 bridgehead atoms. The van der Waals surface area contributed by atoms with Crippen LogP contribution < -0.4 is 4.74 Å². The fourth-order valence-electron chi connectivity index (χ4n) is 2.29. The Bertz CT molecular complexity index is 841. The van der Waals surface area contributed by atoms with Crippen LogP contribution in [0.4, 0.5) is 0 Å². The summed E-state index contributed by atoms with van der Waals surface area (Å²) in [6.07, 6.45) is 1.70. The maximum atomic E-state index is 12.7. The molecule has 1 N–H and O–H groups in total. The van der Waals surface area contributed by atoms with Gasteiger partial charge in [-0.1, -0.05) is 17.7 Å². The lowest BCUT2D eigenvalue weighted by atomic mass is 10.0. The molecule has 0 amide bonds. The Balaban J connectivity index is 2.15. The van der Waals surface area contributed by atoms with E-state index in [-0.39, 0.29) is 5.78 Å². The van der Waals surface area contributed by atoms with Gasteiger partial charge in [-0.3, -0.25) is 4.79 Å². The molecule has 0 saturated carbocycles. The first kappa shape index (κ1) is 14.2. The molecule has 0 fully saturated rings. The summed E-state index contributed by atoms with van der Waals surface area (Å²) in [7, 11) is 1.59. The van der Waals surface area contributed by atoms with Gasteiger partial charge in [0.1, 0.15) is 5.75 Å². The van der Waals surface area contributed by atoms with Gasteiger partial charge in [0.05, 0.1) is 23.1 Å². The van der Waals surface area contributed by atoms with E-state index in [0.29, 0.717) is 21.9 Å². The second kappa shape index (κ2) is 5.54. The minimum Gasteiger partial charge on any atom is -0.496 e. The van der Waals surface area contributed by atoms with Gasteiger partial charge in [-0.15, -0.1) is 0 Å². The van der Waals surface area contributed by atoms with Gasteiger partial charge in [-0.2, -0.15) is 0 Å². The summed E-state index contributed by atoms with van der Waals surface area (Å²) in [6, 6.07) is 10.8. The highest BCUT2D eigenvalue weighted by Crippen LogP contribution is 2.31. The van der Waals surface area contributed by atoms with Crippen molar-refractivity contribution in [2.24, 2.45) is 0 Å². The molecule has 0 aliphatic heterocycles. The number of aromatic amines is 1. The molecule has 0 aliphatic carbocycles. The predicted molar refractivity (Wildman–Crippen MR) is 87.4 cm³/mol. The van der Waals surface area contributed by atoms with Crippen molar-refractivity contribution >= 4 is 44.2 Å². The van der Waals surface area contributed by atoms with Crippen molar-refractivity contribution in [3.8, 4) is 5.75 Å². The zero-order chi connectivity index (χ0) is 15.0. The van der Waals surface area contributed by atoms with Crippen LogP contribution in [0.3, 0.4) is 0 Å². The smallest absolute Gasteiger partial charge is 0.195 e. The van der Waals surface area contributed by atoms with Crippen molar-refractivity contribution in [2.45, 2.75) is 0 Å². The fraction of sp³-hybridized carbons (Fsp3) is 0.0625. The van der Waals surface area contributed by atoms with Gasteiger partial charge in [-0.25, -0.2) is 0 Å². The Labute approximate surface area is 135 Å². The third-order valence-corrected chi connectivity index (χ3v) is 4.55. The molecule has 0 saturated heterocycles. The number of methoxy groups -OCH3 is 1. The van der Waals surface area contributed by atoms with Crippen LogP contribution in [0.15, 0.2) is 47.1 Å². The topological polar surface area (TPSA) is 42.1 Å². The summed E-state index contributed by atoms with van der Waals surface area (Å²) >= 11 is 9.38. The number of H-pyrrole nitrogens is 1. The number of halogens is 2. The van der Waals surface area contributed by atoms with Crippen LogP contribution in [0.2, 0.25) is 5.02 Å². The molecule has 0 radical (unpaired) electrons. The number of benzene rings is 2. The largest absolute Gasteiger partial charge is 0.496 e. The van der Waals surface area contributed by atoms with E-state index < -0.39 is 0 Å². The highest BCUT2D eigenvalue weighted by molar-refractivity contribution is 9.10. The van der Waals surface area contributed by atoms with Gasteiger partial charge in [-0.05, 0) is 46.3 Å². The van der Waals surface area contributed by atoms with Crippen molar-refractivity contribution in [2.75, 3.05) is 7.11 Å². The minimum absolute atomic E-state index is 0.0971. The molecular weight excluding hydrogens is 354 g/mol. The second-order valence-electron chi connectivity index (χ2n) is 4.54. The van der Waals surface area contributed by atoms with E-state index in [4.69, 9.17) is 16.3 Å². The normalized spacial score (nSPS) is 10.8. The zero-order valence-electron chi connectivity index (χ0n) is 11.1. The average Bonchev–Trinajstić information content (AvgIpc) is 2.93. The first-order valence-electron chi connectivity index (χ1n) is 6.25. The van der Waals surface area contributed by atoms with E-state index in [1.807, 2.05) is 18.2 Å². The summed E-state index contributed by atoms with van der Waals surface area (Å²) in [4.78, 5) is 15.8. The van der Waals surface area contributed by atoms with Crippen molar-refractivity contribution in [3.63, 3.8) is 0 Å². The molecule has 2 aromatic carbocycles. The number of carbonyl (C=O) groups is 1. The summed E-state index contributed by atoms with van der Waals surface area (Å²) < 4.78 is 6.11. The molecule has 1 aromatic heterocycles. The molecule has 5 heteroatoms. The quantitative estimate of drug-likeness (QED) is 0.677. The van der Waals surface area contributed by atoms with Crippen molar-refractivity contribution in [1.82, 2.24) is 4.98 Å². The summed E-state index contributed by atoms with van der Waals surface area (Å²) in [5.74, 6) is 0.570. The first-order valence-corrected chi connectivity index (χ1v) is 7.42. The molecule has 0 atom stereocenters. The SMILES string of the molecule is COc1cccc2[nH]cc(C(=O)c3ccc(Br)c(Cl)c3)c12. The van der Waals surface area contributed by atoms with E-state index >= 15 is 0 Å². The standard InChI is InChI=1S/C16H11BrClNO2/c1-21-14-4-2-3-13-15(14)10(8-19-13)16(20)9-5-6-11(17)12(18)7-9/h2-8,19H,1H3. The van der Waals surface area contributed by atoms with Gasteiger partial charge < -0.3 is 9.72 Å². The lowest BCUT2D eigenvalue weighted by Gasteiger charge is -2.05. The zero-order valence-corrected chi connectivity index (χ0v) is 13.5. The summed E-state index contributed by atoms with van der Waals surface area (Å²) in [5.41, 5.74) is 1.97. The molecule has 1 heterocycles. The molecule has 106 valence electrons. The van der Waals surface area contributed by atoms with Crippen molar-refractivity contribution < 1.29 is 9.53 Å². The number of nitrogens with one attached hydrogen (secondary N) is 1. The van der Waals surface area contributed by atoms with E-state index in [9.17, 15) is 4.79 Å². The second-order valence-corrected chi connectivity index (χ2v) is 5.80. The number of fused-ring (bicyclic) bond motifs is 1. The lowest BCUT2D eigenvalue weighted by Crippen LogP contribution is -2.01. The van der Waals surface area contributed by atoms with Crippen LogP contribution in [0.1, 0.15) is 15.9 Å². The Morgan fingerprint density at radius 1 is 1.29 bits per heavy atom. The molecular formula is C16H11BrClNO2. The maximum Gasteiger partial charge on any atom is 0.195 e. The molecule has 3 nitrogen and oxygen atoms in total. The third kappa shape index (κ3) is 2.45. The molecule has 3 aromatic rings. The number of hydrogen-bond acceptors (Lipinski definition) is 2. The van der Waals surface area contributed by atoms with Gasteiger partial charge >= 0.3 is 0 Å². The van der Waals surface area contributed by atoms with Crippen LogP contribution in [-0.4, -0.2) is 17.9 Å². The van der Waals surface area contributed by atoms with Gasteiger partial charge in [0, 0.05) is 21.7 Å². The Morgan fingerprint density at radius 3 is 2.81 bits per heavy atom. The number of carbonyl (C=O) groups excluding carboxylic acids is 1. The van der Waals surface area contributed by atoms with Gasteiger partial charge in [0.25, 0.3) is 0 Å². The number of aromatic nitrogens is 1. The molecule has 0 unspecified atom stereocenters. The van der Waals surface area contributed by atoms with Gasteiger partial charge in [0.2, 0.25) is 0 Å². The lowest BCUT2D eigenvalue weighted by molar-refractivity contribution is 0.104. The summed E-state index contributed by atoms with van der Waals surface area (Å²) in [6.45, 7) is 0. The predicted octanol–water partition coefficient (Wildman–Crippen LogP) is 4.82. The fourth-order valence-corrected chi connectivity index (χ4v) is 2.72. The number of ketones is 1. The van der Waals surface area contributed by atoms with E-state index in [1.165, 1.54) is 0 Å². The van der Waals surface area contributed by atoms with E-state index in [1.54, 1.807) is 31.5 Å². The number of ether oxygens (including phenoxy) is 1. The average molecular weight is 365 g/mol. The molecule has 21 heavy (non-hydrogen) atoms. The minimum atomic E-state index is -0.0971. The van der Waals surface area contributed by atoms with Crippen molar-refractivity contribution in [3.05, 3.63) is 63.2 Å². The Kier molecular flexibility index (Phi) is 3.74. The third-order valence-electron chi connectivity index (χ3n) is 3.31. The van der Waals surface area contributed by atoms with Crippen molar-refractivity contribution in [1.29, 1.82) is 0 Å². The monoisotopic (exact) mass is 363 g/mol. The van der Waals surface area contributed by atoms with Gasteiger partial charge in [0.15, 0.2) is 5.78 Å². The van der Waals surface area contributed by atoms with Crippen LogP contribution in [0.25, 0.3) is 10.9 Å². The van der Waals surface area contributed by atoms with Crippen LogP contribution >= 0.6 is 27.5 Å². The van der Waals surface area contributed by atoms with E-state index in [0.717, 1.165) is 15.4 Å². The van der Waals surface area contributed by atoms with Crippen LogP contribution in [0.5, 0.6) is 5.75 Å². The Morgan fingerprint density at radius 2 is 2.10 bits per heavy atom. The van der Waals surface area contributed by atoms with E-state index in [2.05, 4.69) is 20.9 Å². The first-order chi connectivity index (χ1) is 10.1. The maximum absolute atomic E-state index is 12.7. The number of hydrogen-bond donors (Lipinski definition) is 1. The highest BCUT2D eigenvalue weighted by atomic mass is 79.9. The molecule has 0 spiro atoms. The summed E-state index contributed by atoms with van der Waals surface area (Å²) in [5, 5.41) is 1.29. The van der Waals surface area contributed by atoms with Crippen LogP contribution in [-0.2, 0) is 0 Å². The highest BCUT2D eigenvalue weighted by Gasteiger charge is 2.17. The Hall–Kier alpha value is -1.78. The van der Waals surface area contributed by atoms with Crippen LogP contribution in [0, 0.1) is 0 Å². The molecule has 0 aliphatic rings. The number of rotatable bonds is 3. The molecule has 3 rings (SSSR count).